The quantitative estimate of drug-likeness (QED) is 0.800. The molecule has 6 nitrogen and oxygen atoms in total. The second kappa shape index (κ2) is 4.80. The maximum atomic E-state index is 5.76. The zero-order valence-corrected chi connectivity index (χ0v) is 10.4. The molecule has 2 aromatic heterocycles. The lowest BCUT2D eigenvalue weighted by molar-refractivity contribution is 0.554. The van der Waals surface area contributed by atoms with Gasteiger partial charge in [-0.25, -0.2) is 0 Å². The van der Waals surface area contributed by atoms with Gasteiger partial charge in [0.1, 0.15) is 5.82 Å². The van der Waals surface area contributed by atoms with E-state index >= 15 is 0 Å². The Labute approximate surface area is 106 Å². The van der Waals surface area contributed by atoms with E-state index in [1.807, 2.05) is 0 Å². The van der Waals surface area contributed by atoms with Crippen molar-refractivity contribution >= 4 is 22.8 Å². The average Bonchev–Trinajstić information content (AvgIpc) is 2.75. The number of nitrogens with two attached hydrogens (primary N) is 1. The topological polar surface area (TPSA) is 83.7 Å². The molecule has 2 aromatic rings. The van der Waals surface area contributed by atoms with Gasteiger partial charge in [-0.05, 0) is 12.8 Å². The minimum Gasteiger partial charge on any atom is -0.368 e. The Hall–Kier alpha value is -1.85. The summed E-state index contributed by atoms with van der Waals surface area (Å²) < 4.78 is 0. The first-order chi connectivity index (χ1) is 8.84. The highest BCUT2D eigenvalue weighted by atomic mass is 15.2. The van der Waals surface area contributed by atoms with E-state index in [9.17, 15) is 0 Å². The first-order valence-corrected chi connectivity index (χ1v) is 6.56. The van der Waals surface area contributed by atoms with E-state index in [2.05, 4.69) is 25.1 Å². The Morgan fingerprint density at radius 2 is 1.78 bits per heavy atom. The molecule has 3 rings (SSSR count). The number of nitrogen functional groups attached to an aromatic ring is 1. The third-order valence-electron chi connectivity index (χ3n) is 3.46. The van der Waals surface area contributed by atoms with E-state index in [1.165, 1.54) is 32.1 Å². The minimum absolute atomic E-state index is 0.309. The maximum absolute atomic E-state index is 5.76. The maximum Gasteiger partial charge on any atom is 0.224 e. The number of fused-ring (bicyclic) bond motifs is 1. The smallest absolute Gasteiger partial charge is 0.224 e. The molecule has 0 aliphatic carbocycles. The van der Waals surface area contributed by atoms with Gasteiger partial charge in [-0.15, -0.1) is 0 Å². The average molecular weight is 246 g/mol. The highest BCUT2D eigenvalue weighted by molar-refractivity contribution is 5.87. The summed E-state index contributed by atoms with van der Waals surface area (Å²) in [5.41, 5.74) is 6.49. The van der Waals surface area contributed by atoms with Crippen LogP contribution in [0.5, 0.6) is 0 Å². The predicted octanol–water partition coefficient (Wildman–Crippen LogP) is 1.71. The molecule has 1 fully saturated rings. The Bertz CT molecular complexity index is 526. The van der Waals surface area contributed by atoms with E-state index in [1.54, 1.807) is 6.20 Å². The number of rotatable bonds is 1. The molecule has 0 spiro atoms. The van der Waals surface area contributed by atoms with Crippen LogP contribution in [0.4, 0.5) is 11.8 Å². The molecule has 96 valence electrons. The highest BCUT2D eigenvalue weighted by Gasteiger charge is 2.16. The lowest BCUT2D eigenvalue weighted by Gasteiger charge is -2.26. The van der Waals surface area contributed by atoms with Crippen LogP contribution in [-0.2, 0) is 0 Å². The van der Waals surface area contributed by atoms with Crippen molar-refractivity contribution < 1.29 is 0 Å². The largest absolute Gasteiger partial charge is 0.368 e. The van der Waals surface area contributed by atoms with Crippen LogP contribution in [0.1, 0.15) is 32.1 Å². The van der Waals surface area contributed by atoms with Gasteiger partial charge < -0.3 is 10.6 Å². The zero-order chi connectivity index (χ0) is 12.4. The molecule has 18 heavy (non-hydrogen) atoms. The first-order valence-electron chi connectivity index (χ1n) is 6.56. The van der Waals surface area contributed by atoms with Crippen molar-refractivity contribution in [2.45, 2.75) is 32.1 Å². The number of anilines is 2. The number of hydrogen-bond acceptors (Lipinski definition) is 5. The molecular weight excluding hydrogens is 228 g/mol. The summed E-state index contributed by atoms with van der Waals surface area (Å²) in [5, 5.41) is 7.85. The SMILES string of the molecule is Nc1nc(N2CCCCCCC2)c2cn[nH]c2n1. The third-order valence-corrected chi connectivity index (χ3v) is 3.46. The van der Waals surface area contributed by atoms with Crippen molar-refractivity contribution in [3.05, 3.63) is 6.20 Å². The van der Waals surface area contributed by atoms with Crippen LogP contribution in [0.25, 0.3) is 11.0 Å². The number of nitrogens with zero attached hydrogens (tertiary/aromatic N) is 4. The molecule has 0 amide bonds. The van der Waals surface area contributed by atoms with Crippen LogP contribution in [0.3, 0.4) is 0 Å². The van der Waals surface area contributed by atoms with Gasteiger partial charge in [0, 0.05) is 13.1 Å². The number of aromatic nitrogens is 4. The fourth-order valence-electron chi connectivity index (χ4n) is 2.54. The molecular formula is C12H18N6. The Kier molecular flexibility index (Phi) is 3.00. The van der Waals surface area contributed by atoms with Crippen molar-refractivity contribution in [1.29, 1.82) is 0 Å². The van der Waals surface area contributed by atoms with E-state index < -0.39 is 0 Å². The van der Waals surface area contributed by atoms with Gasteiger partial charge >= 0.3 is 0 Å². The standard InChI is InChI=1S/C12H18N6/c13-12-15-10-9(8-14-17-10)11(16-12)18-6-4-2-1-3-5-7-18/h8H,1-7H2,(H3,13,14,15,16,17). The molecule has 0 unspecified atom stereocenters. The van der Waals surface area contributed by atoms with Crippen molar-refractivity contribution in [2.24, 2.45) is 0 Å². The highest BCUT2D eigenvalue weighted by Crippen LogP contribution is 2.25. The predicted molar refractivity (Wildman–Crippen MR) is 71.4 cm³/mol. The second-order valence-corrected chi connectivity index (χ2v) is 4.79. The van der Waals surface area contributed by atoms with Gasteiger partial charge in [0.25, 0.3) is 0 Å². The molecule has 1 aliphatic rings. The first kappa shape index (κ1) is 11.3. The molecule has 3 heterocycles. The summed E-state index contributed by atoms with van der Waals surface area (Å²) in [7, 11) is 0. The fraction of sp³-hybridized carbons (Fsp3) is 0.583. The van der Waals surface area contributed by atoms with Gasteiger partial charge in [0.2, 0.25) is 5.95 Å². The summed E-state index contributed by atoms with van der Waals surface area (Å²) in [6.07, 6.45) is 8.15. The lowest BCUT2D eigenvalue weighted by atomic mass is 10.1. The van der Waals surface area contributed by atoms with Gasteiger partial charge in [-0.3, -0.25) is 5.10 Å². The van der Waals surface area contributed by atoms with Crippen LogP contribution in [0.15, 0.2) is 6.20 Å². The Morgan fingerprint density at radius 3 is 2.56 bits per heavy atom. The number of H-pyrrole nitrogens is 1. The fourth-order valence-corrected chi connectivity index (χ4v) is 2.54. The summed E-state index contributed by atoms with van der Waals surface area (Å²) in [5.74, 6) is 1.23. The van der Waals surface area contributed by atoms with Gasteiger partial charge in [0.05, 0.1) is 11.6 Å². The molecule has 1 aliphatic heterocycles. The molecule has 0 bridgehead atoms. The molecule has 3 N–H and O–H groups in total. The van der Waals surface area contributed by atoms with Crippen LogP contribution < -0.4 is 10.6 Å². The number of aromatic amines is 1. The van der Waals surface area contributed by atoms with E-state index in [-0.39, 0.29) is 0 Å². The normalized spacial score (nSPS) is 17.7. The summed E-state index contributed by atoms with van der Waals surface area (Å²) in [6, 6.07) is 0. The van der Waals surface area contributed by atoms with Crippen molar-refractivity contribution in [2.75, 3.05) is 23.7 Å². The summed E-state index contributed by atoms with van der Waals surface area (Å²) in [4.78, 5) is 10.9. The van der Waals surface area contributed by atoms with Gasteiger partial charge in [-0.1, -0.05) is 19.3 Å². The van der Waals surface area contributed by atoms with E-state index in [0.717, 1.165) is 29.9 Å². The van der Waals surface area contributed by atoms with Crippen molar-refractivity contribution in [3.8, 4) is 0 Å². The van der Waals surface area contributed by atoms with Gasteiger partial charge in [0.15, 0.2) is 5.65 Å². The van der Waals surface area contributed by atoms with Crippen molar-refractivity contribution in [3.63, 3.8) is 0 Å². The monoisotopic (exact) mass is 246 g/mol. The van der Waals surface area contributed by atoms with Crippen LogP contribution in [0, 0.1) is 0 Å². The van der Waals surface area contributed by atoms with E-state index in [4.69, 9.17) is 5.73 Å². The molecule has 1 saturated heterocycles. The molecule has 0 radical (unpaired) electrons. The molecule has 6 heteroatoms. The lowest BCUT2D eigenvalue weighted by Crippen LogP contribution is -2.28. The van der Waals surface area contributed by atoms with Crippen LogP contribution in [-0.4, -0.2) is 33.3 Å². The van der Waals surface area contributed by atoms with E-state index in [0.29, 0.717) is 5.95 Å². The Balaban J connectivity index is 1.98. The van der Waals surface area contributed by atoms with Crippen LogP contribution in [0.2, 0.25) is 0 Å². The van der Waals surface area contributed by atoms with Crippen LogP contribution >= 0.6 is 0 Å². The van der Waals surface area contributed by atoms with Gasteiger partial charge in [-0.2, -0.15) is 15.1 Å². The Morgan fingerprint density at radius 1 is 1.06 bits per heavy atom. The summed E-state index contributed by atoms with van der Waals surface area (Å²) >= 11 is 0. The minimum atomic E-state index is 0.309. The second-order valence-electron chi connectivity index (χ2n) is 4.79. The zero-order valence-electron chi connectivity index (χ0n) is 10.4. The summed E-state index contributed by atoms with van der Waals surface area (Å²) in [6.45, 7) is 2.08. The molecule has 0 saturated carbocycles. The van der Waals surface area contributed by atoms with Crippen molar-refractivity contribution in [1.82, 2.24) is 20.2 Å². The molecule has 0 aromatic carbocycles. The third kappa shape index (κ3) is 2.10. The molecule has 0 atom stereocenters. The number of hydrogen-bond donors (Lipinski definition) is 2. The number of nitrogens with one attached hydrogen (secondary N) is 1.